The molecule has 94 valence electrons. The van der Waals surface area contributed by atoms with Crippen molar-refractivity contribution in [3.8, 4) is 0 Å². The maximum atomic E-state index is 12.3. The van der Waals surface area contributed by atoms with Crippen LogP contribution < -0.4 is 10.6 Å². The normalized spacial score (nSPS) is 21.2. The zero-order valence-electron chi connectivity index (χ0n) is 10.3. The SMILES string of the molecule is CC(C)(C(=O)Nc1nccs1)C1CCCNC1. The number of hydrogen-bond donors (Lipinski definition) is 2. The first-order valence-electron chi connectivity index (χ1n) is 6.02. The molecule has 1 aromatic rings. The van der Waals surface area contributed by atoms with E-state index in [9.17, 15) is 4.79 Å². The van der Waals surface area contributed by atoms with Gasteiger partial charge in [0.15, 0.2) is 5.13 Å². The van der Waals surface area contributed by atoms with Gasteiger partial charge in [0.05, 0.1) is 0 Å². The molecule has 0 bridgehead atoms. The highest BCUT2D eigenvalue weighted by Crippen LogP contribution is 2.33. The predicted molar refractivity (Wildman–Crippen MR) is 70.1 cm³/mol. The number of thiazole rings is 1. The number of carbonyl (C=O) groups excluding carboxylic acids is 1. The van der Waals surface area contributed by atoms with E-state index in [-0.39, 0.29) is 11.3 Å². The Morgan fingerprint density at radius 3 is 3.06 bits per heavy atom. The molecule has 17 heavy (non-hydrogen) atoms. The molecule has 5 heteroatoms. The molecule has 0 spiro atoms. The molecule has 1 aliphatic rings. The summed E-state index contributed by atoms with van der Waals surface area (Å²) in [5.74, 6) is 0.470. The van der Waals surface area contributed by atoms with Crippen LogP contribution in [0, 0.1) is 11.3 Å². The van der Waals surface area contributed by atoms with E-state index < -0.39 is 0 Å². The minimum Gasteiger partial charge on any atom is -0.316 e. The lowest BCUT2D eigenvalue weighted by Gasteiger charge is -2.35. The highest BCUT2D eigenvalue weighted by atomic mass is 32.1. The quantitative estimate of drug-likeness (QED) is 0.867. The third-order valence-electron chi connectivity index (χ3n) is 3.56. The van der Waals surface area contributed by atoms with Gasteiger partial charge in [0.25, 0.3) is 0 Å². The third kappa shape index (κ3) is 2.84. The Morgan fingerprint density at radius 2 is 2.47 bits per heavy atom. The Hall–Kier alpha value is -0.940. The van der Waals surface area contributed by atoms with Crippen LogP contribution >= 0.6 is 11.3 Å². The van der Waals surface area contributed by atoms with Gasteiger partial charge in [-0.05, 0) is 31.8 Å². The van der Waals surface area contributed by atoms with Gasteiger partial charge in [-0.3, -0.25) is 4.79 Å². The van der Waals surface area contributed by atoms with Crippen molar-refractivity contribution < 1.29 is 4.79 Å². The summed E-state index contributed by atoms with van der Waals surface area (Å²) in [6.45, 7) is 6.04. The summed E-state index contributed by atoms with van der Waals surface area (Å²) in [5, 5.41) is 8.81. The van der Waals surface area contributed by atoms with Gasteiger partial charge in [-0.15, -0.1) is 11.3 Å². The molecule has 1 fully saturated rings. The summed E-state index contributed by atoms with van der Waals surface area (Å²) in [6.07, 6.45) is 3.97. The average molecular weight is 253 g/mol. The van der Waals surface area contributed by atoms with E-state index in [0.717, 1.165) is 25.9 Å². The fourth-order valence-electron chi connectivity index (χ4n) is 2.20. The fraction of sp³-hybridized carbons (Fsp3) is 0.667. The number of piperidine rings is 1. The van der Waals surface area contributed by atoms with E-state index in [1.165, 1.54) is 11.3 Å². The van der Waals surface area contributed by atoms with Crippen molar-refractivity contribution in [3.63, 3.8) is 0 Å². The van der Waals surface area contributed by atoms with Crippen LogP contribution in [-0.4, -0.2) is 24.0 Å². The molecule has 2 rings (SSSR count). The molecule has 1 saturated heterocycles. The van der Waals surface area contributed by atoms with E-state index >= 15 is 0 Å². The van der Waals surface area contributed by atoms with Crippen molar-refractivity contribution in [1.82, 2.24) is 10.3 Å². The van der Waals surface area contributed by atoms with Crippen LogP contribution in [0.1, 0.15) is 26.7 Å². The zero-order chi connectivity index (χ0) is 12.3. The van der Waals surface area contributed by atoms with Gasteiger partial charge in [0, 0.05) is 17.0 Å². The molecule has 0 radical (unpaired) electrons. The lowest BCUT2D eigenvalue weighted by molar-refractivity contribution is -0.127. The first kappa shape index (κ1) is 12.5. The highest BCUT2D eigenvalue weighted by molar-refractivity contribution is 7.13. The molecule has 1 atom stereocenters. The van der Waals surface area contributed by atoms with Gasteiger partial charge in [0.2, 0.25) is 5.91 Å². The first-order valence-corrected chi connectivity index (χ1v) is 6.90. The van der Waals surface area contributed by atoms with Gasteiger partial charge in [-0.2, -0.15) is 0 Å². The number of nitrogens with zero attached hydrogens (tertiary/aromatic N) is 1. The maximum Gasteiger partial charge on any atom is 0.232 e. The number of hydrogen-bond acceptors (Lipinski definition) is 4. The average Bonchev–Trinajstić information content (AvgIpc) is 2.83. The standard InChI is InChI=1S/C12H19N3OS/c1-12(2,9-4-3-5-13-8-9)10(16)15-11-14-6-7-17-11/h6-7,9,13H,3-5,8H2,1-2H3,(H,14,15,16). The van der Waals surface area contributed by atoms with Gasteiger partial charge >= 0.3 is 0 Å². The van der Waals surface area contributed by atoms with E-state index in [1.54, 1.807) is 6.20 Å². The molecule has 1 amide bonds. The first-order chi connectivity index (χ1) is 8.10. The van der Waals surface area contributed by atoms with Crippen LogP contribution in [-0.2, 0) is 4.79 Å². The maximum absolute atomic E-state index is 12.3. The van der Waals surface area contributed by atoms with Gasteiger partial charge in [0.1, 0.15) is 0 Å². The van der Waals surface area contributed by atoms with Crippen molar-refractivity contribution in [2.45, 2.75) is 26.7 Å². The topological polar surface area (TPSA) is 54.0 Å². The zero-order valence-corrected chi connectivity index (χ0v) is 11.1. The Labute approximate surface area is 106 Å². The van der Waals surface area contributed by atoms with Crippen molar-refractivity contribution in [3.05, 3.63) is 11.6 Å². The van der Waals surface area contributed by atoms with Crippen molar-refractivity contribution >= 4 is 22.4 Å². The van der Waals surface area contributed by atoms with E-state index in [4.69, 9.17) is 0 Å². The van der Waals surface area contributed by atoms with Gasteiger partial charge < -0.3 is 10.6 Å². The summed E-state index contributed by atoms with van der Waals surface area (Å²) >= 11 is 1.46. The fourth-order valence-corrected chi connectivity index (χ4v) is 2.72. The molecule has 1 aliphatic heterocycles. The highest BCUT2D eigenvalue weighted by Gasteiger charge is 2.37. The molecule has 0 aromatic carbocycles. The molecule has 2 N–H and O–H groups in total. The van der Waals surface area contributed by atoms with Crippen molar-refractivity contribution in [2.75, 3.05) is 18.4 Å². The molecule has 0 saturated carbocycles. The number of anilines is 1. The van der Waals surface area contributed by atoms with Crippen LogP contribution in [0.25, 0.3) is 0 Å². The van der Waals surface area contributed by atoms with Crippen LogP contribution in [0.5, 0.6) is 0 Å². The van der Waals surface area contributed by atoms with Crippen LogP contribution in [0.2, 0.25) is 0 Å². The summed E-state index contributed by atoms with van der Waals surface area (Å²) in [5.41, 5.74) is -0.348. The molecule has 4 nitrogen and oxygen atoms in total. The lowest BCUT2D eigenvalue weighted by atomic mass is 9.74. The lowest BCUT2D eigenvalue weighted by Crippen LogP contribution is -2.44. The molecule has 0 aliphatic carbocycles. The van der Waals surface area contributed by atoms with Crippen LogP contribution in [0.15, 0.2) is 11.6 Å². The monoisotopic (exact) mass is 253 g/mol. The third-order valence-corrected chi connectivity index (χ3v) is 4.24. The van der Waals surface area contributed by atoms with Crippen molar-refractivity contribution in [2.24, 2.45) is 11.3 Å². The Morgan fingerprint density at radius 1 is 1.65 bits per heavy atom. The second-order valence-electron chi connectivity index (χ2n) is 5.06. The number of rotatable bonds is 3. The Balaban J connectivity index is 2.00. The summed E-state index contributed by atoms with van der Waals surface area (Å²) < 4.78 is 0. The van der Waals surface area contributed by atoms with Crippen LogP contribution in [0.4, 0.5) is 5.13 Å². The second-order valence-corrected chi connectivity index (χ2v) is 5.95. The Bertz CT molecular complexity index is 369. The van der Waals surface area contributed by atoms with Gasteiger partial charge in [-0.25, -0.2) is 4.98 Å². The summed E-state index contributed by atoms with van der Waals surface area (Å²) in [7, 11) is 0. The number of aromatic nitrogens is 1. The molecule has 1 unspecified atom stereocenters. The van der Waals surface area contributed by atoms with Gasteiger partial charge in [-0.1, -0.05) is 13.8 Å². The summed E-state index contributed by atoms with van der Waals surface area (Å²) in [6, 6.07) is 0. The number of carbonyl (C=O) groups is 1. The van der Waals surface area contributed by atoms with E-state index in [1.807, 2.05) is 19.2 Å². The van der Waals surface area contributed by atoms with E-state index in [2.05, 4.69) is 15.6 Å². The van der Waals surface area contributed by atoms with E-state index in [0.29, 0.717) is 11.0 Å². The smallest absolute Gasteiger partial charge is 0.232 e. The second kappa shape index (κ2) is 5.14. The Kier molecular flexibility index (Phi) is 3.79. The molecular weight excluding hydrogens is 234 g/mol. The minimum atomic E-state index is -0.348. The molecule has 1 aromatic heterocycles. The molecular formula is C12H19N3OS. The summed E-state index contributed by atoms with van der Waals surface area (Å²) in [4.78, 5) is 16.3. The van der Waals surface area contributed by atoms with Crippen molar-refractivity contribution in [1.29, 1.82) is 0 Å². The number of amides is 1. The number of nitrogens with one attached hydrogen (secondary N) is 2. The van der Waals surface area contributed by atoms with Crippen LogP contribution in [0.3, 0.4) is 0 Å². The largest absolute Gasteiger partial charge is 0.316 e. The predicted octanol–water partition coefficient (Wildman–Crippen LogP) is 2.11. The minimum absolute atomic E-state index is 0.0705. The molecule has 2 heterocycles.